The van der Waals surface area contributed by atoms with Crippen molar-refractivity contribution >= 4 is 18.3 Å². The molecule has 22 heavy (non-hydrogen) atoms. The highest BCUT2D eigenvalue weighted by Crippen LogP contribution is 2.13. The summed E-state index contributed by atoms with van der Waals surface area (Å²) in [4.78, 5) is 14.1. The van der Waals surface area contributed by atoms with E-state index in [0.717, 1.165) is 38.2 Å². The lowest BCUT2D eigenvalue weighted by Gasteiger charge is -2.34. The minimum atomic E-state index is 0. The molecule has 1 saturated heterocycles. The number of aryl methyl sites for hydroxylation is 1. The highest BCUT2D eigenvalue weighted by Gasteiger charge is 2.21. The summed E-state index contributed by atoms with van der Waals surface area (Å²) in [6, 6.07) is 8.38. The van der Waals surface area contributed by atoms with E-state index in [2.05, 4.69) is 25.2 Å². The van der Waals surface area contributed by atoms with Crippen molar-refractivity contribution in [3.8, 4) is 5.75 Å². The Morgan fingerprint density at radius 2 is 2.23 bits per heavy atom. The number of rotatable bonds is 6. The second kappa shape index (κ2) is 9.70. The minimum absolute atomic E-state index is 0. The molecule has 1 N–H and O–H groups in total. The zero-order valence-electron chi connectivity index (χ0n) is 13.5. The molecule has 0 bridgehead atoms. The number of hydrogen-bond donors (Lipinski definition) is 1. The number of halogens is 1. The first kappa shape index (κ1) is 18.8. The number of amides is 1. The molecule has 1 heterocycles. The molecule has 1 aromatic carbocycles. The number of carbonyl (C=O) groups is 1. The molecule has 1 amide bonds. The third-order valence-electron chi connectivity index (χ3n) is 3.86. The van der Waals surface area contributed by atoms with Crippen LogP contribution in [0.3, 0.4) is 0 Å². The molecule has 1 fully saturated rings. The fraction of sp³-hybridized carbons (Fsp3) is 0.588. The summed E-state index contributed by atoms with van der Waals surface area (Å²) in [6.07, 6.45) is 2.43. The van der Waals surface area contributed by atoms with E-state index in [-0.39, 0.29) is 18.3 Å². The van der Waals surface area contributed by atoms with E-state index in [1.54, 1.807) is 0 Å². The lowest BCUT2D eigenvalue weighted by molar-refractivity contribution is -0.134. The van der Waals surface area contributed by atoms with Crippen molar-refractivity contribution < 1.29 is 9.53 Å². The third-order valence-corrected chi connectivity index (χ3v) is 3.86. The van der Waals surface area contributed by atoms with Gasteiger partial charge in [0.05, 0.1) is 6.61 Å². The first-order valence-corrected chi connectivity index (χ1v) is 7.86. The molecule has 4 nitrogen and oxygen atoms in total. The zero-order chi connectivity index (χ0) is 15.1. The van der Waals surface area contributed by atoms with E-state index in [9.17, 15) is 4.79 Å². The van der Waals surface area contributed by atoms with Crippen molar-refractivity contribution in [2.45, 2.75) is 39.2 Å². The summed E-state index contributed by atoms with van der Waals surface area (Å²) in [5.74, 6) is 1.19. The maximum Gasteiger partial charge on any atom is 0.222 e. The van der Waals surface area contributed by atoms with Crippen molar-refractivity contribution in [1.82, 2.24) is 10.2 Å². The number of ether oxygens (including phenoxy) is 1. The number of benzene rings is 1. The highest BCUT2D eigenvalue weighted by molar-refractivity contribution is 5.85. The molecule has 0 aromatic heterocycles. The quantitative estimate of drug-likeness (QED) is 0.817. The summed E-state index contributed by atoms with van der Waals surface area (Å²) in [7, 11) is 0. The molecule has 0 aliphatic carbocycles. The maximum atomic E-state index is 12.1. The van der Waals surface area contributed by atoms with Gasteiger partial charge in [-0.3, -0.25) is 4.79 Å². The number of piperazine rings is 1. The van der Waals surface area contributed by atoms with Gasteiger partial charge in [0.15, 0.2) is 0 Å². The maximum absolute atomic E-state index is 12.1. The van der Waals surface area contributed by atoms with Crippen LogP contribution in [0, 0.1) is 6.92 Å². The normalized spacial score (nSPS) is 17.7. The van der Waals surface area contributed by atoms with Crippen LogP contribution in [0.2, 0.25) is 0 Å². The van der Waals surface area contributed by atoms with Crippen LogP contribution in [0.15, 0.2) is 24.3 Å². The SMILES string of the molecule is Cc1cccc(OCCCCC(=O)N2CCNCC2C)c1.Cl. The van der Waals surface area contributed by atoms with E-state index in [0.29, 0.717) is 19.1 Å². The van der Waals surface area contributed by atoms with Crippen LogP contribution < -0.4 is 10.1 Å². The van der Waals surface area contributed by atoms with Crippen molar-refractivity contribution in [3.05, 3.63) is 29.8 Å². The van der Waals surface area contributed by atoms with Crippen LogP contribution in [0.25, 0.3) is 0 Å². The molecule has 1 atom stereocenters. The second-order valence-electron chi connectivity index (χ2n) is 5.76. The van der Waals surface area contributed by atoms with Crippen molar-refractivity contribution in [2.24, 2.45) is 0 Å². The molecule has 2 rings (SSSR count). The highest BCUT2D eigenvalue weighted by atomic mass is 35.5. The molecule has 1 aromatic rings. The Hall–Kier alpha value is -1.26. The summed E-state index contributed by atoms with van der Waals surface area (Å²) in [6.45, 7) is 7.48. The Morgan fingerprint density at radius 1 is 1.41 bits per heavy atom. The van der Waals surface area contributed by atoms with Crippen LogP contribution in [0.1, 0.15) is 31.7 Å². The molecule has 1 unspecified atom stereocenters. The predicted octanol–water partition coefficient (Wildman–Crippen LogP) is 2.79. The topological polar surface area (TPSA) is 41.6 Å². The van der Waals surface area contributed by atoms with Gasteiger partial charge in [-0.15, -0.1) is 12.4 Å². The van der Waals surface area contributed by atoms with Gasteiger partial charge in [-0.25, -0.2) is 0 Å². The van der Waals surface area contributed by atoms with Gasteiger partial charge in [-0.1, -0.05) is 12.1 Å². The Kier molecular flexibility index (Phi) is 8.28. The van der Waals surface area contributed by atoms with Crippen LogP contribution >= 0.6 is 12.4 Å². The van der Waals surface area contributed by atoms with Gasteiger partial charge in [0, 0.05) is 32.1 Å². The van der Waals surface area contributed by atoms with Gasteiger partial charge in [0.1, 0.15) is 5.75 Å². The number of nitrogens with zero attached hydrogens (tertiary/aromatic N) is 1. The van der Waals surface area contributed by atoms with E-state index in [1.807, 2.05) is 23.1 Å². The largest absolute Gasteiger partial charge is 0.494 e. The molecule has 1 aliphatic heterocycles. The third kappa shape index (κ3) is 5.85. The van der Waals surface area contributed by atoms with E-state index >= 15 is 0 Å². The Morgan fingerprint density at radius 3 is 2.95 bits per heavy atom. The Labute approximate surface area is 139 Å². The fourth-order valence-corrected chi connectivity index (χ4v) is 2.63. The summed E-state index contributed by atoms with van der Waals surface area (Å²) < 4.78 is 5.70. The lowest BCUT2D eigenvalue weighted by Crippen LogP contribution is -2.52. The number of hydrogen-bond acceptors (Lipinski definition) is 3. The van der Waals surface area contributed by atoms with Gasteiger partial charge < -0.3 is 15.0 Å². The van der Waals surface area contributed by atoms with Crippen LogP contribution in [-0.2, 0) is 4.79 Å². The molecule has 1 aliphatic rings. The first-order chi connectivity index (χ1) is 10.2. The zero-order valence-corrected chi connectivity index (χ0v) is 14.3. The number of nitrogens with one attached hydrogen (secondary N) is 1. The average Bonchev–Trinajstić information content (AvgIpc) is 2.47. The summed E-state index contributed by atoms with van der Waals surface area (Å²) in [5, 5.41) is 3.30. The molecular weight excluding hydrogens is 300 g/mol. The number of carbonyl (C=O) groups excluding carboxylic acids is 1. The van der Waals surface area contributed by atoms with Gasteiger partial charge in [-0.05, 0) is 44.4 Å². The van der Waals surface area contributed by atoms with Gasteiger partial charge in [0.2, 0.25) is 5.91 Å². The number of unbranched alkanes of at least 4 members (excludes halogenated alkanes) is 1. The van der Waals surface area contributed by atoms with E-state index < -0.39 is 0 Å². The van der Waals surface area contributed by atoms with Gasteiger partial charge in [-0.2, -0.15) is 0 Å². The molecule has 0 spiro atoms. The standard InChI is InChI=1S/C17H26N2O2.ClH/c1-14-6-5-7-16(12-14)21-11-4-3-8-17(20)19-10-9-18-13-15(19)2;/h5-7,12,15,18H,3-4,8-11,13H2,1-2H3;1H. The van der Waals surface area contributed by atoms with Gasteiger partial charge in [0.25, 0.3) is 0 Å². The van der Waals surface area contributed by atoms with Gasteiger partial charge >= 0.3 is 0 Å². The summed E-state index contributed by atoms with van der Waals surface area (Å²) in [5.41, 5.74) is 1.20. The molecule has 0 saturated carbocycles. The van der Waals surface area contributed by atoms with E-state index in [4.69, 9.17) is 4.74 Å². The minimum Gasteiger partial charge on any atom is -0.494 e. The second-order valence-corrected chi connectivity index (χ2v) is 5.76. The average molecular weight is 327 g/mol. The van der Waals surface area contributed by atoms with Crippen molar-refractivity contribution in [3.63, 3.8) is 0 Å². The molecular formula is C17H27ClN2O2. The monoisotopic (exact) mass is 326 g/mol. The predicted molar refractivity (Wildman–Crippen MR) is 91.8 cm³/mol. The van der Waals surface area contributed by atoms with E-state index in [1.165, 1.54) is 5.56 Å². The smallest absolute Gasteiger partial charge is 0.222 e. The molecule has 5 heteroatoms. The summed E-state index contributed by atoms with van der Waals surface area (Å²) >= 11 is 0. The van der Waals surface area contributed by atoms with Crippen molar-refractivity contribution in [2.75, 3.05) is 26.2 Å². The fourth-order valence-electron chi connectivity index (χ4n) is 2.63. The first-order valence-electron chi connectivity index (χ1n) is 7.86. The molecule has 124 valence electrons. The lowest BCUT2D eigenvalue weighted by atomic mass is 10.1. The Balaban J connectivity index is 0.00000242. The Bertz CT molecular complexity index is 468. The molecule has 0 radical (unpaired) electrons. The van der Waals surface area contributed by atoms with Crippen LogP contribution in [0.4, 0.5) is 0 Å². The van der Waals surface area contributed by atoms with Crippen LogP contribution in [0.5, 0.6) is 5.75 Å². The van der Waals surface area contributed by atoms with Crippen LogP contribution in [-0.4, -0.2) is 43.1 Å². The van der Waals surface area contributed by atoms with Crippen molar-refractivity contribution in [1.29, 1.82) is 0 Å².